The van der Waals surface area contributed by atoms with E-state index in [9.17, 15) is 0 Å². The third-order valence-electron chi connectivity index (χ3n) is 3.59. The lowest BCUT2D eigenvalue weighted by Gasteiger charge is -2.09. The summed E-state index contributed by atoms with van der Waals surface area (Å²) in [7, 11) is 0. The van der Waals surface area contributed by atoms with Gasteiger partial charge in [-0.05, 0) is 31.7 Å². The Morgan fingerprint density at radius 2 is 2.11 bits per heavy atom. The number of benzene rings is 1. The van der Waals surface area contributed by atoms with Gasteiger partial charge in [-0.1, -0.05) is 43.4 Å². The minimum Gasteiger partial charge on any atom is -0.461 e. The van der Waals surface area contributed by atoms with Gasteiger partial charge in [-0.15, -0.1) is 6.58 Å². The van der Waals surface area contributed by atoms with E-state index >= 15 is 0 Å². The fraction of sp³-hybridized carbons (Fsp3) is 0.333. The molecule has 0 fully saturated rings. The molecule has 0 N–H and O–H groups in total. The monoisotopic (exact) mass is 254 g/mol. The third kappa shape index (κ3) is 2.98. The standard InChI is InChI=1S/C18H22O/c1-4-7-10-14(5-2)13-18-15(6-3)16-11-8-9-12-17(16)19-18/h4-5,7-9,11-12,14H,2,6,10,13H2,1,3H3/b7-4-. The van der Waals surface area contributed by atoms with Gasteiger partial charge in [-0.25, -0.2) is 0 Å². The van der Waals surface area contributed by atoms with Gasteiger partial charge in [-0.3, -0.25) is 0 Å². The zero-order chi connectivity index (χ0) is 13.7. The van der Waals surface area contributed by atoms with Crippen molar-refractivity contribution in [3.63, 3.8) is 0 Å². The summed E-state index contributed by atoms with van der Waals surface area (Å²) in [6, 6.07) is 8.30. The molecule has 0 spiro atoms. The summed E-state index contributed by atoms with van der Waals surface area (Å²) < 4.78 is 6.03. The van der Waals surface area contributed by atoms with E-state index in [0.29, 0.717) is 5.92 Å². The largest absolute Gasteiger partial charge is 0.461 e. The van der Waals surface area contributed by atoms with E-state index in [1.807, 2.05) is 18.2 Å². The minimum absolute atomic E-state index is 0.446. The highest BCUT2D eigenvalue weighted by Crippen LogP contribution is 2.29. The summed E-state index contributed by atoms with van der Waals surface area (Å²) in [5.74, 6) is 1.57. The maximum absolute atomic E-state index is 6.03. The second kappa shape index (κ2) is 6.42. The van der Waals surface area contributed by atoms with Crippen LogP contribution in [0.4, 0.5) is 0 Å². The Morgan fingerprint density at radius 3 is 2.79 bits per heavy atom. The van der Waals surface area contributed by atoms with Crippen LogP contribution in [0.1, 0.15) is 31.6 Å². The molecule has 0 bridgehead atoms. The molecule has 0 amide bonds. The van der Waals surface area contributed by atoms with Gasteiger partial charge in [0.1, 0.15) is 11.3 Å². The van der Waals surface area contributed by atoms with Crippen LogP contribution in [0.25, 0.3) is 11.0 Å². The van der Waals surface area contributed by atoms with Gasteiger partial charge >= 0.3 is 0 Å². The van der Waals surface area contributed by atoms with Crippen molar-refractivity contribution in [2.45, 2.75) is 33.1 Å². The zero-order valence-electron chi connectivity index (χ0n) is 11.9. The van der Waals surface area contributed by atoms with Crippen LogP contribution in [0, 0.1) is 5.92 Å². The lowest BCUT2D eigenvalue weighted by Crippen LogP contribution is -2.01. The van der Waals surface area contributed by atoms with E-state index in [2.05, 4.69) is 44.7 Å². The van der Waals surface area contributed by atoms with E-state index in [0.717, 1.165) is 30.6 Å². The topological polar surface area (TPSA) is 13.1 Å². The molecule has 0 aliphatic carbocycles. The van der Waals surface area contributed by atoms with Gasteiger partial charge in [-0.2, -0.15) is 0 Å². The molecule has 0 aliphatic rings. The molecule has 0 saturated heterocycles. The molecule has 1 heteroatoms. The fourth-order valence-corrected chi connectivity index (χ4v) is 2.51. The lowest BCUT2D eigenvalue weighted by molar-refractivity contribution is 0.500. The molecule has 1 heterocycles. The third-order valence-corrected chi connectivity index (χ3v) is 3.59. The first kappa shape index (κ1) is 13.7. The number of fused-ring (bicyclic) bond motifs is 1. The molecule has 0 aliphatic heterocycles. The Balaban J connectivity index is 2.30. The predicted octanol–water partition coefficient (Wildman–Crippen LogP) is 5.31. The van der Waals surface area contributed by atoms with Gasteiger partial charge in [0.25, 0.3) is 0 Å². The lowest BCUT2D eigenvalue weighted by atomic mass is 9.96. The minimum atomic E-state index is 0.446. The molecular weight excluding hydrogens is 232 g/mol. The summed E-state index contributed by atoms with van der Waals surface area (Å²) >= 11 is 0. The number of furan rings is 1. The van der Waals surface area contributed by atoms with Crippen LogP contribution in [0.2, 0.25) is 0 Å². The molecule has 1 unspecified atom stereocenters. The summed E-state index contributed by atoms with van der Waals surface area (Å²) in [6.07, 6.45) is 9.30. The predicted molar refractivity (Wildman–Crippen MR) is 82.4 cm³/mol. The molecule has 0 radical (unpaired) electrons. The van der Waals surface area contributed by atoms with E-state index in [4.69, 9.17) is 4.42 Å². The van der Waals surface area contributed by atoms with Crippen LogP contribution in [0.5, 0.6) is 0 Å². The van der Waals surface area contributed by atoms with Gasteiger partial charge in [0.2, 0.25) is 0 Å². The molecule has 100 valence electrons. The van der Waals surface area contributed by atoms with Crippen molar-refractivity contribution in [3.8, 4) is 0 Å². The van der Waals surface area contributed by atoms with Crippen molar-refractivity contribution in [2.24, 2.45) is 5.92 Å². The van der Waals surface area contributed by atoms with Crippen molar-refractivity contribution in [1.82, 2.24) is 0 Å². The molecule has 2 rings (SSSR count). The zero-order valence-corrected chi connectivity index (χ0v) is 11.9. The van der Waals surface area contributed by atoms with Crippen LogP contribution in [-0.4, -0.2) is 0 Å². The Morgan fingerprint density at radius 1 is 1.32 bits per heavy atom. The molecule has 2 aromatic rings. The van der Waals surface area contributed by atoms with E-state index in [-0.39, 0.29) is 0 Å². The van der Waals surface area contributed by atoms with Crippen LogP contribution in [-0.2, 0) is 12.8 Å². The van der Waals surface area contributed by atoms with Crippen molar-refractivity contribution < 1.29 is 4.42 Å². The van der Waals surface area contributed by atoms with Crippen molar-refractivity contribution in [3.05, 3.63) is 60.4 Å². The molecule has 1 aromatic carbocycles. The second-order valence-corrected chi connectivity index (χ2v) is 4.86. The average molecular weight is 254 g/mol. The first-order valence-corrected chi connectivity index (χ1v) is 7.03. The highest BCUT2D eigenvalue weighted by molar-refractivity contribution is 5.82. The molecular formula is C18H22O. The average Bonchev–Trinajstić information content (AvgIpc) is 2.80. The fourth-order valence-electron chi connectivity index (χ4n) is 2.51. The number of hydrogen-bond acceptors (Lipinski definition) is 1. The van der Waals surface area contributed by atoms with Crippen LogP contribution < -0.4 is 0 Å². The highest BCUT2D eigenvalue weighted by Gasteiger charge is 2.15. The molecule has 1 atom stereocenters. The molecule has 1 nitrogen and oxygen atoms in total. The number of aryl methyl sites for hydroxylation is 1. The summed E-state index contributed by atoms with van der Waals surface area (Å²) in [5, 5.41) is 1.26. The highest BCUT2D eigenvalue weighted by atomic mass is 16.3. The quantitative estimate of drug-likeness (QED) is 0.637. The second-order valence-electron chi connectivity index (χ2n) is 4.86. The van der Waals surface area contributed by atoms with Crippen molar-refractivity contribution >= 4 is 11.0 Å². The van der Waals surface area contributed by atoms with Gasteiger partial charge in [0.05, 0.1) is 0 Å². The van der Waals surface area contributed by atoms with Crippen LogP contribution >= 0.6 is 0 Å². The van der Waals surface area contributed by atoms with E-state index in [1.54, 1.807) is 0 Å². The SMILES string of the molecule is C=CC(C/C=C\C)Cc1oc2ccccc2c1CC. The van der Waals surface area contributed by atoms with Gasteiger partial charge in [0.15, 0.2) is 0 Å². The Labute approximate surface area is 115 Å². The Kier molecular flexibility index (Phi) is 4.62. The number of para-hydroxylation sites is 1. The number of rotatable bonds is 6. The van der Waals surface area contributed by atoms with E-state index < -0.39 is 0 Å². The van der Waals surface area contributed by atoms with Crippen molar-refractivity contribution in [1.29, 1.82) is 0 Å². The van der Waals surface area contributed by atoms with Crippen LogP contribution in [0.3, 0.4) is 0 Å². The first-order valence-electron chi connectivity index (χ1n) is 7.03. The van der Waals surface area contributed by atoms with Crippen molar-refractivity contribution in [2.75, 3.05) is 0 Å². The van der Waals surface area contributed by atoms with E-state index in [1.165, 1.54) is 10.9 Å². The van der Waals surface area contributed by atoms with Gasteiger partial charge < -0.3 is 4.42 Å². The Bertz CT molecular complexity index is 574. The summed E-state index contributed by atoms with van der Waals surface area (Å²) in [4.78, 5) is 0. The molecule has 1 aromatic heterocycles. The smallest absolute Gasteiger partial charge is 0.134 e. The summed E-state index contributed by atoms with van der Waals surface area (Å²) in [6.45, 7) is 8.19. The molecule has 0 saturated carbocycles. The first-order chi connectivity index (χ1) is 9.30. The van der Waals surface area contributed by atoms with Gasteiger partial charge in [0, 0.05) is 17.4 Å². The maximum Gasteiger partial charge on any atom is 0.134 e. The number of hydrogen-bond donors (Lipinski definition) is 0. The normalized spacial score (nSPS) is 13.2. The number of allylic oxidation sites excluding steroid dienone is 3. The summed E-state index contributed by atoms with van der Waals surface area (Å²) in [5.41, 5.74) is 2.35. The van der Waals surface area contributed by atoms with Crippen LogP contribution in [0.15, 0.2) is 53.5 Å². The Hall–Kier alpha value is -1.76. The molecule has 19 heavy (non-hydrogen) atoms. The maximum atomic E-state index is 6.03.